The molecule has 4 aromatic rings. The van der Waals surface area contributed by atoms with Gasteiger partial charge < -0.3 is 19.2 Å². The van der Waals surface area contributed by atoms with Crippen LogP contribution in [0.15, 0.2) is 59.1 Å². The van der Waals surface area contributed by atoms with Gasteiger partial charge in [0.15, 0.2) is 11.5 Å². The molecule has 5 rings (SSSR count). The number of carbonyl (C=O) groups excluding carboxylic acids is 1. The zero-order valence-corrected chi connectivity index (χ0v) is 17.9. The predicted molar refractivity (Wildman–Crippen MR) is 117 cm³/mol. The minimum absolute atomic E-state index is 0.277. The molecule has 3 heterocycles. The molecule has 0 fully saturated rings. The van der Waals surface area contributed by atoms with Crippen molar-refractivity contribution >= 4 is 23.0 Å². The van der Waals surface area contributed by atoms with Crippen LogP contribution in [0, 0.1) is 11.3 Å². The van der Waals surface area contributed by atoms with Crippen molar-refractivity contribution in [3.05, 3.63) is 77.4 Å². The summed E-state index contributed by atoms with van der Waals surface area (Å²) in [5, 5.41) is 12.9. The van der Waals surface area contributed by atoms with E-state index in [9.17, 15) is 10.1 Å². The van der Waals surface area contributed by atoms with Gasteiger partial charge in [-0.15, -0.1) is 0 Å². The molecule has 1 N–H and O–H groups in total. The van der Waals surface area contributed by atoms with Gasteiger partial charge >= 0.3 is 5.97 Å². The van der Waals surface area contributed by atoms with Gasteiger partial charge in [0.2, 0.25) is 17.6 Å². The topological polar surface area (TPSA) is 123 Å². The minimum atomic E-state index is -0.996. The van der Waals surface area contributed by atoms with Crippen molar-refractivity contribution in [3.8, 4) is 11.8 Å². The minimum Gasteiger partial charge on any atom is -0.452 e. The van der Waals surface area contributed by atoms with Crippen LogP contribution in [-0.4, -0.2) is 26.7 Å². The number of anilines is 1. The largest absolute Gasteiger partial charge is 0.452 e. The van der Waals surface area contributed by atoms with Crippen molar-refractivity contribution in [2.75, 3.05) is 5.32 Å². The monoisotopic (exact) mass is 441 g/mol. The van der Waals surface area contributed by atoms with E-state index in [4.69, 9.17) is 13.9 Å². The molecule has 0 bridgehead atoms. The van der Waals surface area contributed by atoms with Crippen molar-refractivity contribution in [3.63, 3.8) is 0 Å². The number of carbonyl (C=O) groups is 1. The van der Waals surface area contributed by atoms with Crippen LogP contribution in [0.25, 0.3) is 11.1 Å². The number of hydrogen-bond donors (Lipinski definition) is 1. The first-order valence-electron chi connectivity index (χ1n) is 10.3. The second kappa shape index (κ2) is 7.91. The summed E-state index contributed by atoms with van der Waals surface area (Å²) < 4.78 is 16.7. The Morgan fingerprint density at radius 2 is 1.97 bits per heavy atom. The van der Waals surface area contributed by atoms with Crippen LogP contribution >= 0.6 is 0 Å². The Bertz CT molecular complexity index is 1370. The van der Waals surface area contributed by atoms with E-state index in [0.717, 1.165) is 5.56 Å². The zero-order chi connectivity index (χ0) is 23.0. The Balaban J connectivity index is 1.34. The van der Waals surface area contributed by atoms with E-state index >= 15 is 0 Å². The molecular formula is C24H19N5O4. The van der Waals surface area contributed by atoms with Crippen LogP contribution < -0.4 is 10.1 Å². The van der Waals surface area contributed by atoms with Gasteiger partial charge in [0.05, 0.1) is 11.8 Å². The van der Waals surface area contributed by atoms with Gasteiger partial charge in [-0.25, -0.2) is 19.7 Å². The van der Waals surface area contributed by atoms with Crippen LogP contribution in [0.3, 0.4) is 0 Å². The Morgan fingerprint density at radius 3 is 2.79 bits per heavy atom. The summed E-state index contributed by atoms with van der Waals surface area (Å²) >= 11 is 0. The number of oxazole rings is 1. The highest BCUT2D eigenvalue weighted by molar-refractivity contribution is 5.93. The summed E-state index contributed by atoms with van der Waals surface area (Å²) in [7, 11) is 0. The summed E-state index contributed by atoms with van der Waals surface area (Å²) in [6.45, 7) is 3.72. The van der Waals surface area contributed by atoms with Crippen molar-refractivity contribution < 1.29 is 18.7 Å². The molecule has 33 heavy (non-hydrogen) atoms. The Labute approximate surface area is 189 Å². The van der Waals surface area contributed by atoms with Gasteiger partial charge in [0, 0.05) is 26.6 Å². The van der Waals surface area contributed by atoms with E-state index in [2.05, 4.69) is 26.3 Å². The number of benzene rings is 2. The molecule has 9 nitrogen and oxygen atoms in total. The van der Waals surface area contributed by atoms with Crippen LogP contribution in [0.1, 0.15) is 47.3 Å². The van der Waals surface area contributed by atoms with Gasteiger partial charge in [0.25, 0.3) is 0 Å². The lowest BCUT2D eigenvalue weighted by atomic mass is 10.1. The first-order valence-corrected chi connectivity index (χ1v) is 10.3. The maximum absolute atomic E-state index is 12.3. The number of cyclic esters (lactones) is 1. The van der Waals surface area contributed by atoms with Gasteiger partial charge in [-0.2, -0.15) is 5.26 Å². The van der Waals surface area contributed by atoms with Crippen molar-refractivity contribution in [2.24, 2.45) is 0 Å². The second-order valence-electron chi connectivity index (χ2n) is 7.96. The number of nitrogens with zero attached hydrogens (tertiary/aromatic N) is 4. The lowest BCUT2D eigenvalue weighted by Gasteiger charge is -2.31. The molecule has 0 aliphatic carbocycles. The summed E-state index contributed by atoms with van der Waals surface area (Å²) in [4.78, 5) is 25.4. The van der Waals surface area contributed by atoms with E-state index in [1.807, 2.05) is 24.3 Å². The van der Waals surface area contributed by atoms with E-state index in [0.29, 0.717) is 40.6 Å². The average molecular weight is 441 g/mol. The molecule has 9 heteroatoms. The highest BCUT2D eigenvalue weighted by atomic mass is 16.7. The van der Waals surface area contributed by atoms with Crippen LogP contribution in [0.4, 0.5) is 5.95 Å². The number of para-hydroxylation sites is 2. The molecule has 0 amide bonds. The Morgan fingerprint density at radius 1 is 1.12 bits per heavy atom. The second-order valence-corrected chi connectivity index (χ2v) is 7.96. The quantitative estimate of drug-likeness (QED) is 0.454. The molecule has 1 aliphatic rings. The zero-order valence-electron chi connectivity index (χ0n) is 17.9. The number of nitriles is 1. The van der Waals surface area contributed by atoms with Crippen LogP contribution in [0.5, 0.6) is 5.75 Å². The van der Waals surface area contributed by atoms with E-state index in [1.165, 1.54) is 0 Å². The molecule has 0 saturated carbocycles. The summed E-state index contributed by atoms with van der Waals surface area (Å²) in [5.41, 5.74) is 2.94. The molecule has 164 valence electrons. The third kappa shape index (κ3) is 4.06. The van der Waals surface area contributed by atoms with Crippen LogP contribution in [0.2, 0.25) is 0 Å². The van der Waals surface area contributed by atoms with E-state index < -0.39 is 17.7 Å². The van der Waals surface area contributed by atoms with E-state index in [1.54, 1.807) is 44.3 Å². The third-order valence-corrected chi connectivity index (χ3v) is 5.07. The molecular weight excluding hydrogens is 422 g/mol. The molecule has 0 saturated heterocycles. The van der Waals surface area contributed by atoms with Gasteiger partial charge in [-0.1, -0.05) is 18.2 Å². The smallest absolute Gasteiger partial charge is 0.345 e. The van der Waals surface area contributed by atoms with Crippen molar-refractivity contribution in [2.45, 2.75) is 32.1 Å². The van der Waals surface area contributed by atoms with Gasteiger partial charge in [0.1, 0.15) is 16.8 Å². The van der Waals surface area contributed by atoms with Crippen LogP contribution in [-0.2, 0) is 11.3 Å². The molecule has 1 unspecified atom stereocenters. The molecule has 0 spiro atoms. The summed E-state index contributed by atoms with van der Waals surface area (Å²) in [5.74, 6) is -1.12. The number of hydrogen-bond acceptors (Lipinski definition) is 9. The number of ether oxygens (including phenoxy) is 2. The fourth-order valence-electron chi connectivity index (χ4n) is 3.56. The maximum Gasteiger partial charge on any atom is 0.345 e. The van der Waals surface area contributed by atoms with Gasteiger partial charge in [-0.3, -0.25) is 0 Å². The fourth-order valence-corrected chi connectivity index (χ4v) is 3.56. The molecule has 2 aromatic heterocycles. The third-order valence-electron chi connectivity index (χ3n) is 5.07. The summed E-state index contributed by atoms with van der Waals surface area (Å²) in [6.07, 6.45) is 1.57. The number of nitrogens with one attached hydrogen (secondary N) is 1. The average Bonchev–Trinajstić information content (AvgIpc) is 3.22. The Kier molecular flexibility index (Phi) is 4.90. The molecule has 1 aliphatic heterocycles. The predicted octanol–water partition coefficient (Wildman–Crippen LogP) is 4.17. The molecule has 2 aromatic carbocycles. The highest BCUT2D eigenvalue weighted by Gasteiger charge is 2.33. The maximum atomic E-state index is 12.3. The first kappa shape index (κ1) is 20.5. The molecule has 1 atom stereocenters. The van der Waals surface area contributed by atoms with Crippen molar-refractivity contribution in [1.82, 2.24) is 15.0 Å². The highest BCUT2D eigenvalue weighted by Crippen LogP contribution is 2.32. The standard InChI is InChI=1S/C24H19N5O4/c1-24(2)32-19-8-7-14(11-15(19)22(30)33-24)13-27-23-26-10-9-17(29-23)16(12-25)21-28-18-5-3-4-6-20(18)31-21/h3-11,16H,13H2,1-2H3,(H,26,27,29). The lowest BCUT2D eigenvalue weighted by molar-refractivity contribution is -0.127. The van der Waals surface area contributed by atoms with E-state index in [-0.39, 0.29) is 5.89 Å². The number of rotatable bonds is 5. The van der Waals surface area contributed by atoms with Crippen molar-refractivity contribution in [1.29, 1.82) is 5.26 Å². The lowest BCUT2D eigenvalue weighted by Crippen LogP contribution is -2.38. The normalized spacial score (nSPS) is 15.1. The SMILES string of the molecule is CC1(C)OC(=O)c2cc(CNc3nccc(C(C#N)c4nc5ccccc5o4)n3)ccc2O1. The fraction of sp³-hybridized carbons (Fsp3) is 0.208. The molecule has 0 radical (unpaired) electrons. The summed E-state index contributed by atoms with van der Waals surface area (Å²) in [6, 6.07) is 16.5. The van der Waals surface area contributed by atoms with Gasteiger partial charge in [-0.05, 0) is 35.9 Å². The first-order chi connectivity index (χ1) is 15.9. The number of fused-ring (bicyclic) bond motifs is 2. The number of esters is 1. The Hall–Kier alpha value is -4.45. The number of aromatic nitrogens is 3.